The zero-order valence-corrected chi connectivity index (χ0v) is 12.6. The molecule has 1 aliphatic heterocycles. The van der Waals surface area contributed by atoms with Crippen LogP contribution in [-0.2, 0) is 13.1 Å². The Balaban J connectivity index is 1.72. The zero-order chi connectivity index (χ0) is 15.1. The van der Waals surface area contributed by atoms with Crippen LogP contribution in [0.2, 0.25) is 0 Å². The molecule has 0 amide bonds. The second kappa shape index (κ2) is 5.03. The topological polar surface area (TPSA) is 71.8 Å². The quantitative estimate of drug-likeness (QED) is 0.776. The lowest BCUT2D eigenvalue weighted by atomic mass is 10.3. The Kier molecular flexibility index (Phi) is 3.00. The maximum atomic E-state index is 4.63. The van der Waals surface area contributed by atoms with Crippen molar-refractivity contribution in [3.8, 4) is 0 Å². The number of fused-ring (bicyclic) bond motifs is 2. The van der Waals surface area contributed by atoms with E-state index in [4.69, 9.17) is 0 Å². The van der Waals surface area contributed by atoms with Crippen LogP contribution in [0.4, 0.5) is 11.5 Å². The molecule has 0 atom stereocenters. The summed E-state index contributed by atoms with van der Waals surface area (Å²) in [4.78, 5) is 15.4. The third-order valence-corrected chi connectivity index (χ3v) is 3.82. The largest absolute Gasteiger partial charge is 0.337 e. The Hall–Kier alpha value is -2.54. The van der Waals surface area contributed by atoms with Crippen molar-refractivity contribution in [2.45, 2.75) is 20.0 Å². The summed E-state index contributed by atoms with van der Waals surface area (Å²) in [6.45, 7) is 4.82. The van der Waals surface area contributed by atoms with Gasteiger partial charge in [-0.15, -0.1) is 0 Å². The predicted octanol–water partition coefficient (Wildman–Crippen LogP) is 1.72. The Morgan fingerprint density at radius 1 is 1.14 bits per heavy atom. The van der Waals surface area contributed by atoms with Crippen LogP contribution in [0.5, 0.6) is 0 Å². The molecular formula is C15H17N7. The number of aromatic nitrogens is 5. The molecule has 0 aromatic carbocycles. The Labute approximate surface area is 128 Å². The molecule has 0 unspecified atom stereocenters. The molecule has 1 aliphatic rings. The summed E-state index contributed by atoms with van der Waals surface area (Å²) in [7, 11) is 2.12. The van der Waals surface area contributed by atoms with E-state index >= 15 is 0 Å². The van der Waals surface area contributed by atoms with E-state index in [0.29, 0.717) is 5.65 Å². The van der Waals surface area contributed by atoms with E-state index in [1.165, 1.54) is 5.69 Å². The van der Waals surface area contributed by atoms with Crippen molar-refractivity contribution in [1.29, 1.82) is 0 Å². The van der Waals surface area contributed by atoms with Gasteiger partial charge in [0.15, 0.2) is 11.5 Å². The van der Waals surface area contributed by atoms with E-state index in [1.54, 1.807) is 12.4 Å². The predicted molar refractivity (Wildman–Crippen MR) is 83.9 cm³/mol. The fourth-order valence-corrected chi connectivity index (χ4v) is 2.77. The number of pyridine rings is 1. The molecule has 0 fully saturated rings. The van der Waals surface area contributed by atoms with Crippen LogP contribution in [0.3, 0.4) is 0 Å². The Bertz CT molecular complexity index is 839. The first-order valence-corrected chi connectivity index (χ1v) is 7.30. The molecule has 0 aliphatic carbocycles. The number of nitrogens with zero attached hydrogens (tertiary/aromatic N) is 6. The van der Waals surface area contributed by atoms with Gasteiger partial charge in [0.05, 0.1) is 17.9 Å². The van der Waals surface area contributed by atoms with Gasteiger partial charge >= 0.3 is 0 Å². The van der Waals surface area contributed by atoms with Crippen molar-refractivity contribution < 1.29 is 0 Å². The summed E-state index contributed by atoms with van der Waals surface area (Å²) in [5, 5.41) is 7.99. The van der Waals surface area contributed by atoms with Gasteiger partial charge in [0.2, 0.25) is 0 Å². The standard InChI is InChI=1S/C15H17N7/c1-10-7-12(14-15(18-10)17-4-3-16-14)19-13-8-11-9-21(2)5-6-22(11)20-13/h3-4,7-8H,5-6,9H2,1-2H3,(H,17,18,19,20). The number of rotatable bonds is 2. The highest BCUT2D eigenvalue weighted by Crippen LogP contribution is 2.24. The number of likely N-dealkylation sites (N-methyl/N-ethyl adjacent to an activating group) is 1. The first kappa shape index (κ1) is 13.1. The van der Waals surface area contributed by atoms with Gasteiger partial charge in [-0.25, -0.2) is 15.0 Å². The van der Waals surface area contributed by atoms with Crippen LogP contribution in [-0.4, -0.2) is 43.2 Å². The van der Waals surface area contributed by atoms with E-state index in [9.17, 15) is 0 Å². The van der Waals surface area contributed by atoms with Crippen molar-refractivity contribution in [1.82, 2.24) is 29.6 Å². The van der Waals surface area contributed by atoms with Gasteiger partial charge < -0.3 is 5.32 Å². The van der Waals surface area contributed by atoms with Gasteiger partial charge in [-0.3, -0.25) is 9.58 Å². The summed E-state index contributed by atoms with van der Waals surface area (Å²) in [5.41, 5.74) is 4.42. The van der Waals surface area contributed by atoms with Crippen LogP contribution in [0.25, 0.3) is 11.2 Å². The third kappa shape index (κ3) is 2.29. The van der Waals surface area contributed by atoms with Gasteiger partial charge in [-0.05, 0) is 20.0 Å². The van der Waals surface area contributed by atoms with Gasteiger partial charge in [-0.2, -0.15) is 5.10 Å². The summed E-state index contributed by atoms with van der Waals surface area (Å²) < 4.78 is 2.06. The molecule has 1 N–H and O–H groups in total. The van der Waals surface area contributed by atoms with Crippen molar-refractivity contribution in [2.75, 3.05) is 18.9 Å². The average Bonchev–Trinajstić information content (AvgIpc) is 2.88. The Morgan fingerprint density at radius 2 is 2.00 bits per heavy atom. The molecule has 22 heavy (non-hydrogen) atoms. The maximum Gasteiger partial charge on any atom is 0.180 e. The molecule has 0 bridgehead atoms. The molecule has 4 rings (SSSR count). The molecule has 0 radical (unpaired) electrons. The number of aryl methyl sites for hydroxylation is 1. The minimum Gasteiger partial charge on any atom is -0.337 e. The molecule has 0 saturated heterocycles. The minimum atomic E-state index is 0.647. The van der Waals surface area contributed by atoms with Crippen LogP contribution in [0.1, 0.15) is 11.4 Å². The van der Waals surface area contributed by atoms with E-state index in [2.05, 4.69) is 48.1 Å². The fourth-order valence-electron chi connectivity index (χ4n) is 2.77. The number of hydrogen-bond donors (Lipinski definition) is 1. The molecule has 0 saturated carbocycles. The molecule has 0 spiro atoms. The summed E-state index contributed by atoms with van der Waals surface area (Å²) in [5.74, 6) is 0.836. The monoisotopic (exact) mass is 295 g/mol. The van der Waals surface area contributed by atoms with Crippen LogP contribution in [0, 0.1) is 6.92 Å². The van der Waals surface area contributed by atoms with Gasteiger partial charge in [0, 0.05) is 37.2 Å². The second-order valence-corrected chi connectivity index (χ2v) is 5.65. The van der Waals surface area contributed by atoms with E-state index < -0.39 is 0 Å². The lowest BCUT2D eigenvalue weighted by molar-refractivity contribution is 0.259. The molecule has 3 aromatic heterocycles. The maximum absolute atomic E-state index is 4.63. The molecule has 7 heteroatoms. The molecule has 112 valence electrons. The molecule has 7 nitrogen and oxygen atoms in total. The lowest BCUT2D eigenvalue weighted by Crippen LogP contribution is -2.30. The number of hydrogen-bond acceptors (Lipinski definition) is 6. The molecular weight excluding hydrogens is 278 g/mol. The van der Waals surface area contributed by atoms with Crippen molar-refractivity contribution in [3.05, 3.63) is 35.9 Å². The highest BCUT2D eigenvalue weighted by Gasteiger charge is 2.16. The van der Waals surface area contributed by atoms with Crippen LogP contribution >= 0.6 is 0 Å². The highest BCUT2D eigenvalue weighted by molar-refractivity contribution is 5.86. The first-order chi connectivity index (χ1) is 10.7. The average molecular weight is 295 g/mol. The third-order valence-electron chi connectivity index (χ3n) is 3.82. The van der Waals surface area contributed by atoms with Gasteiger partial charge in [0.1, 0.15) is 5.52 Å². The van der Waals surface area contributed by atoms with Crippen molar-refractivity contribution in [3.63, 3.8) is 0 Å². The first-order valence-electron chi connectivity index (χ1n) is 7.30. The normalized spacial score (nSPS) is 15.0. The Morgan fingerprint density at radius 3 is 2.91 bits per heavy atom. The molecule has 3 aromatic rings. The summed E-state index contributed by atoms with van der Waals surface area (Å²) in [6, 6.07) is 4.06. The van der Waals surface area contributed by atoms with Crippen molar-refractivity contribution >= 4 is 22.7 Å². The smallest absolute Gasteiger partial charge is 0.180 e. The highest BCUT2D eigenvalue weighted by atomic mass is 15.4. The summed E-state index contributed by atoms with van der Waals surface area (Å²) in [6.07, 6.45) is 3.33. The molecule has 4 heterocycles. The van der Waals surface area contributed by atoms with E-state index in [0.717, 1.165) is 42.4 Å². The fraction of sp³-hybridized carbons (Fsp3) is 0.333. The number of nitrogens with one attached hydrogen (secondary N) is 1. The summed E-state index contributed by atoms with van der Waals surface area (Å²) >= 11 is 0. The number of anilines is 2. The van der Waals surface area contributed by atoms with E-state index in [1.807, 2.05) is 13.0 Å². The van der Waals surface area contributed by atoms with Crippen molar-refractivity contribution in [2.24, 2.45) is 0 Å². The van der Waals surface area contributed by atoms with Crippen LogP contribution in [0.15, 0.2) is 24.5 Å². The zero-order valence-electron chi connectivity index (χ0n) is 12.6. The SMILES string of the molecule is Cc1cc(Nc2cc3n(n2)CCN(C)C3)c2nccnc2n1. The lowest BCUT2D eigenvalue weighted by Gasteiger charge is -2.22. The van der Waals surface area contributed by atoms with E-state index in [-0.39, 0.29) is 0 Å². The minimum absolute atomic E-state index is 0.647. The van der Waals surface area contributed by atoms with Gasteiger partial charge in [0.25, 0.3) is 0 Å². The van der Waals surface area contributed by atoms with Gasteiger partial charge in [-0.1, -0.05) is 0 Å². The second-order valence-electron chi connectivity index (χ2n) is 5.65. The van der Waals surface area contributed by atoms with Crippen LogP contribution < -0.4 is 5.32 Å².